The molecule has 0 radical (unpaired) electrons. The van der Waals surface area contributed by atoms with Gasteiger partial charge in [0.25, 0.3) is 0 Å². The zero-order valence-corrected chi connectivity index (χ0v) is 22.0. The number of hydrogen-bond acceptors (Lipinski definition) is 2. The van der Waals surface area contributed by atoms with Crippen molar-refractivity contribution >= 4 is 79.2 Å². The molecule has 0 aliphatic carbocycles. The van der Waals surface area contributed by atoms with E-state index in [0.717, 1.165) is 0 Å². The average molecular weight is 517 g/mol. The summed E-state index contributed by atoms with van der Waals surface area (Å²) in [5.74, 6) is 0. The molecule has 38 heavy (non-hydrogen) atoms. The molecule has 0 saturated carbocycles. The molecule has 0 bridgehead atoms. The molecule has 0 N–H and O–H groups in total. The van der Waals surface area contributed by atoms with E-state index in [-0.39, 0.29) is 6.71 Å². The zero-order chi connectivity index (χ0) is 24.8. The number of para-hydroxylation sites is 1. The second kappa shape index (κ2) is 7.83. The second-order valence-electron chi connectivity index (χ2n) is 10.1. The maximum Gasteiger partial charge on any atom is 0.247 e. The molecule has 3 heterocycles. The van der Waals surface area contributed by atoms with E-state index in [1.165, 1.54) is 74.2 Å². The highest BCUT2D eigenvalue weighted by atomic mass is 32.2. The van der Waals surface area contributed by atoms with Crippen molar-refractivity contribution in [3.8, 4) is 5.69 Å². The summed E-state index contributed by atoms with van der Waals surface area (Å²) in [6.07, 6.45) is 0. The van der Waals surface area contributed by atoms with Gasteiger partial charge in [0.2, 0.25) is 6.71 Å². The van der Waals surface area contributed by atoms with Crippen LogP contribution in [0.4, 0.5) is 0 Å². The van der Waals surface area contributed by atoms with Crippen LogP contribution in [0.2, 0.25) is 0 Å². The van der Waals surface area contributed by atoms with Crippen LogP contribution in [0.1, 0.15) is 0 Å². The number of fused-ring (bicyclic) bond motifs is 9. The van der Waals surface area contributed by atoms with E-state index in [1.807, 2.05) is 23.5 Å². The lowest BCUT2D eigenvalue weighted by atomic mass is 9.36. The Balaban J connectivity index is 1.44. The van der Waals surface area contributed by atoms with Crippen LogP contribution in [-0.4, -0.2) is 11.3 Å². The molecule has 4 heteroatoms. The third-order valence-electron chi connectivity index (χ3n) is 8.08. The number of nitrogens with zero attached hydrogens (tertiary/aromatic N) is 1. The average Bonchev–Trinajstić information content (AvgIpc) is 3.30. The Bertz CT molecular complexity index is 2090. The maximum absolute atomic E-state index is 2.45. The van der Waals surface area contributed by atoms with E-state index in [1.54, 1.807) is 0 Å². The van der Waals surface area contributed by atoms with E-state index in [0.29, 0.717) is 0 Å². The van der Waals surface area contributed by atoms with E-state index in [2.05, 4.69) is 126 Å². The molecule has 6 aromatic carbocycles. The lowest BCUT2D eigenvalue weighted by Crippen LogP contribution is -2.57. The largest absolute Gasteiger partial charge is 0.309 e. The van der Waals surface area contributed by atoms with Gasteiger partial charge in [-0.15, -0.1) is 0 Å². The van der Waals surface area contributed by atoms with Crippen LogP contribution in [0.15, 0.2) is 141 Å². The van der Waals surface area contributed by atoms with E-state index >= 15 is 0 Å². The molecular weight excluding hydrogens is 497 g/mol. The molecule has 0 saturated heterocycles. The van der Waals surface area contributed by atoms with Crippen LogP contribution >= 0.6 is 23.5 Å². The Kier molecular flexibility index (Phi) is 4.35. The first-order chi connectivity index (χ1) is 18.8. The summed E-state index contributed by atoms with van der Waals surface area (Å²) in [5, 5.41) is 5.25. The highest BCUT2D eigenvalue weighted by Gasteiger charge is 2.38. The minimum Gasteiger partial charge on any atom is -0.309 e. The monoisotopic (exact) mass is 517 g/mol. The van der Waals surface area contributed by atoms with Gasteiger partial charge in [0.05, 0.1) is 11.0 Å². The summed E-state index contributed by atoms with van der Waals surface area (Å²) in [6.45, 7) is 0.259. The topological polar surface area (TPSA) is 4.93 Å². The van der Waals surface area contributed by atoms with Gasteiger partial charge < -0.3 is 4.57 Å². The Labute approximate surface area is 229 Å². The molecular formula is C34H20BNS2. The molecule has 0 amide bonds. The fourth-order valence-electron chi connectivity index (χ4n) is 6.48. The zero-order valence-electron chi connectivity index (χ0n) is 20.4. The van der Waals surface area contributed by atoms with Crippen molar-refractivity contribution in [1.29, 1.82) is 0 Å². The van der Waals surface area contributed by atoms with E-state index < -0.39 is 0 Å². The first-order valence-electron chi connectivity index (χ1n) is 13.0. The maximum atomic E-state index is 2.45. The predicted octanol–water partition coefficient (Wildman–Crippen LogP) is 7.38. The lowest BCUT2D eigenvalue weighted by Gasteiger charge is -2.33. The molecule has 9 rings (SSSR count). The standard InChI is InChI=1S/C34H20BNS2/c1-2-11-23(12-3-1)36-27-18-17-26-34(32(27)24-19-21-9-4-5-10-22(21)20-28(24)36)38-31-16-8-15-30-33(31)35(26)25-13-6-7-14-29(25)37-30/h1-20H. The normalized spacial score (nSPS) is 13.5. The molecule has 1 nitrogen and oxygen atoms in total. The van der Waals surface area contributed by atoms with Crippen molar-refractivity contribution in [3.63, 3.8) is 0 Å². The fraction of sp³-hybridized carbons (Fsp3) is 0. The number of rotatable bonds is 1. The Morgan fingerprint density at radius 2 is 1.24 bits per heavy atom. The molecule has 0 spiro atoms. The third-order valence-corrected chi connectivity index (χ3v) is 10.5. The third kappa shape index (κ3) is 2.82. The number of aromatic nitrogens is 1. The van der Waals surface area contributed by atoms with Crippen LogP contribution in [0.3, 0.4) is 0 Å². The van der Waals surface area contributed by atoms with Crippen LogP contribution in [-0.2, 0) is 0 Å². The highest BCUT2D eigenvalue weighted by molar-refractivity contribution is 8.01. The molecule has 2 aliphatic rings. The SMILES string of the molecule is c1ccc(-n2c3cc4ccccc4cc3c3c4c(ccc32)B2c3ccccc3Sc3cccc(c32)S4)cc1. The molecule has 0 unspecified atom stereocenters. The summed E-state index contributed by atoms with van der Waals surface area (Å²) in [4.78, 5) is 5.55. The minimum atomic E-state index is 0.259. The fourth-order valence-corrected chi connectivity index (χ4v) is 9.04. The summed E-state index contributed by atoms with van der Waals surface area (Å²) in [6, 6.07) is 44.9. The predicted molar refractivity (Wildman–Crippen MR) is 164 cm³/mol. The van der Waals surface area contributed by atoms with Gasteiger partial charge in [-0.3, -0.25) is 0 Å². The van der Waals surface area contributed by atoms with Crippen molar-refractivity contribution in [2.45, 2.75) is 19.6 Å². The van der Waals surface area contributed by atoms with Crippen molar-refractivity contribution in [1.82, 2.24) is 4.57 Å². The van der Waals surface area contributed by atoms with Crippen molar-refractivity contribution < 1.29 is 0 Å². The van der Waals surface area contributed by atoms with Gasteiger partial charge in [0.15, 0.2) is 0 Å². The summed E-state index contributed by atoms with van der Waals surface area (Å²) in [7, 11) is 0. The highest BCUT2D eigenvalue weighted by Crippen LogP contribution is 2.44. The Morgan fingerprint density at radius 3 is 2.11 bits per heavy atom. The molecule has 176 valence electrons. The van der Waals surface area contributed by atoms with Gasteiger partial charge in [-0.05, 0) is 64.8 Å². The Hall–Kier alpha value is -3.86. The van der Waals surface area contributed by atoms with Crippen LogP contribution in [0, 0.1) is 0 Å². The van der Waals surface area contributed by atoms with Gasteiger partial charge in [0, 0.05) is 36.0 Å². The van der Waals surface area contributed by atoms with Crippen molar-refractivity contribution in [2.75, 3.05) is 0 Å². The molecule has 0 fully saturated rings. The smallest absolute Gasteiger partial charge is 0.247 e. The number of hydrogen-bond donors (Lipinski definition) is 0. The van der Waals surface area contributed by atoms with Gasteiger partial charge in [-0.2, -0.15) is 0 Å². The van der Waals surface area contributed by atoms with Gasteiger partial charge in [0.1, 0.15) is 0 Å². The molecule has 7 aromatic rings. The minimum absolute atomic E-state index is 0.259. The lowest BCUT2D eigenvalue weighted by molar-refractivity contribution is 1.18. The van der Waals surface area contributed by atoms with Crippen LogP contribution in [0.5, 0.6) is 0 Å². The van der Waals surface area contributed by atoms with Gasteiger partial charge >= 0.3 is 0 Å². The van der Waals surface area contributed by atoms with Gasteiger partial charge in [-0.1, -0.05) is 107 Å². The first-order valence-corrected chi connectivity index (χ1v) is 14.6. The first kappa shape index (κ1) is 21.1. The molecule has 2 aliphatic heterocycles. The summed E-state index contributed by atoms with van der Waals surface area (Å²) >= 11 is 3.87. The van der Waals surface area contributed by atoms with E-state index in [9.17, 15) is 0 Å². The quantitative estimate of drug-likeness (QED) is 0.209. The Morgan fingerprint density at radius 1 is 0.526 bits per heavy atom. The molecule has 0 atom stereocenters. The van der Waals surface area contributed by atoms with Crippen molar-refractivity contribution in [3.05, 3.63) is 121 Å². The van der Waals surface area contributed by atoms with Crippen LogP contribution < -0.4 is 16.4 Å². The second-order valence-corrected chi connectivity index (χ2v) is 12.2. The summed E-state index contributed by atoms with van der Waals surface area (Å²) in [5.41, 5.74) is 8.06. The van der Waals surface area contributed by atoms with E-state index in [4.69, 9.17) is 0 Å². The molecule has 1 aromatic heterocycles. The van der Waals surface area contributed by atoms with Gasteiger partial charge in [-0.25, -0.2) is 0 Å². The van der Waals surface area contributed by atoms with Crippen molar-refractivity contribution in [2.24, 2.45) is 0 Å². The summed E-state index contributed by atoms with van der Waals surface area (Å²) < 4.78 is 2.45. The number of benzene rings is 6. The van der Waals surface area contributed by atoms with Crippen LogP contribution in [0.25, 0.3) is 38.3 Å².